The number of rotatable bonds is 6. The van der Waals surface area contributed by atoms with Crippen molar-refractivity contribution < 1.29 is 4.74 Å². The van der Waals surface area contributed by atoms with Gasteiger partial charge in [0.15, 0.2) is 0 Å². The third kappa shape index (κ3) is 3.68. The van der Waals surface area contributed by atoms with Crippen molar-refractivity contribution in [3.8, 4) is 23.1 Å². The van der Waals surface area contributed by atoms with E-state index in [-0.39, 0.29) is 0 Å². The van der Waals surface area contributed by atoms with E-state index in [1.54, 1.807) is 0 Å². The summed E-state index contributed by atoms with van der Waals surface area (Å²) in [7, 11) is 0. The Morgan fingerprint density at radius 3 is 2.45 bits per heavy atom. The quantitative estimate of drug-likeness (QED) is 0.432. The lowest BCUT2D eigenvalue weighted by Crippen LogP contribution is -2.00. The van der Waals surface area contributed by atoms with Crippen LogP contribution in [0.3, 0.4) is 0 Å². The van der Waals surface area contributed by atoms with E-state index in [1.165, 1.54) is 0 Å². The van der Waals surface area contributed by atoms with Crippen LogP contribution in [0.5, 0.6) is 5.75 Å². The van der Waals surface area contributed by atoms with Gasteiger partial charge in [-0.1, -0.05) is 49.4 Å². The van der Waals surface area contributed by atoms with Crippen molar-refractivity contribution in [1.82, 2.24) is 4.57 Å². The summed E-state index contributed by atoms with van der Waals surface area (Å²) in [5, 5.41) is 10.9. The molecule has 0 spiro atoms. The molecule has 29 heavy (non-hydrogen) atoms. The maximum absolute atomic E-state index is 9.92. The van der Waals surface area contributed by atoms with E-state index in [9.17, 15) is 5.26 Å². The zero-order valence-electron chi connectivity index (χ0n) is 16.4. The summed E-state index contributed by atoms with van der Waals surface area (Å²) in [6.07, 6.45) is 0.964. The Balaban J connectivity index is 1.80. The molecule has 0 unspecified atom stereocenters. The van der Waals surface area contributed by atoms with Gasteiger partial charge in [0.1, 0.15) is 18.4 Å². The topological polar surface area (TPSA) is 64.0 Å². The molecule has 0 aliphatic carbocycles. The monoisotopic (exact) mass is 381 g/mol. The Labute approximate surface area is 170 Å². The standard InChI is InChI=1S/C25H23N3O/c1-2-14-28-24-15-21(29-17-18-6-4-3-5-7-18)12-13-22(24)23(16-26)25(28)19-8-10-20(27)11-9-19/h3-13,15H,2,14,17,27H2,1H3. The maximum Gasteiger partial charge on any atom is 0.121 e. The molecule has 0 saturated heterocycles. The third-order valence-corrected chi connectivity index (χ3v) is 5.03. The van der Waals surface area contributed by atoms with Crippen LogP contribution in [0.4, 0.5) is 5.69 Å². The largest absolute Gasteiger partial charge is 0.489 e. The summed E-state index contributed by atoms with van der Waals surface area (Å²) >= 11 is 0. The number of benzene rings is 3. The van der Waals surface area contributed by atoms with Gasteiger partial charge in [-0.05, 0) is 41.8 Å². The zero-order chi connectivity index (χ0) is 20.2. The van der Waals surface area contributed by atoms with Crippen molar-refractivity contribution in [2.45, 2.75) is 26.5 Å². The summed E-state index contributed by atoms with van der Waals surface area (Å²) in [5.74, 6) is 0.796. The highest BCUT2D eigenvalue weighted by atomic mass is 16.5. The number of nitrogen functional groups attached to an aromatic ring is 1. The molecule has 4 heteroatoms. The molecular formula is C25H23N3O. The summed E-state index contributed by atoms with van der Waals surface area (Å²) in [6.45, 7) is 3.47. The SMILES string of the molecule is CCCn1c(-c2ccc(N)cc2)c(C#N)c2ccc(OCc3ccccc3)cc21. The van der Waals surface area contributed by atoms with E-state index >= 15 is 0 Å². The van der Waals surface area contributed by atoms with E-state index in [0.29, 0.717) is 17.9 Å². The number of nitrogens with zero attached hydrogens (tertiary/aromatic N) is 2. The number of nitrogens with two attached hydrogens (primary N) is 1. The van der Waals surface area contributed by atoms with Gasteiger partial charge in [0.25, 0.3) is 0 Å². The van der Waals surface area contributed by atoms with Crippen molar-refractivity contribution >= 4 is 16.6 Å². The first-order chi connectivity index (χ1) is 14.2. The number of ether oxygens (including phenoxy) is 1. The van der Waals surface area contributed by atoms with E-state index in [1.807, 2.05) is 72.8 Å². The average Bonchev–Trinajstić information content (AvgIpc) is 3.06. The second-order valence-corrected chi connectivity index (χ2v) is 7.06. The molecule has 0 atom stereocenters. The molecule has 0 radical (unpaired) electrons. The van der Waals surface area contributed by atoms with Crippen molar-refractivity contribution in [2.24, 2.45) is 0 Å². The van der Waals surface area contributed by atoms with Gasteiger partial charge in [-0.2, -0.15) is 5.26 Å². The highest BCUT2D eigenvalue weighted by molar-refractivity contribution is 5.95. The molecule has 4 aromatic rings. The number of hydrogen-bond acceptors (Lipinski definition) is 3. The number of aryl methyl sites for hydroxylation is 1. The van der Waals surface area contributed by atoms with E-state index in [4.69, 9.17) is 10.5 Å². The highest BCUT2D eigenvalue weighted by Gasteiger charge is 2.19. The Morgan fingerprint density at radius 2 is 1.76 bits per heavy atom. The number of aromatic nitrogens is 1. The van der Waals surface area contributed by atoms with Gasteiger partial charge in [-0.15, -0.1) is 0 Å². The van der Waals surface area contributed by atoms with Gasteiger partial charge in [0.05, 0.1) is 16.8 Å². The molecule has 0 fully saturated rings. The van der Waals surface area contributed by atoms with Gasteiger partial charge < -0.3 is 15.0 Å². The zero-order valence-corrected chi connectivity index (χ0v) is 16.4. The van der Waals surface area contributed by atoms with Gasteiger partial charge >= 0.3 is 0 Å². The van der Waals surface area contributed by atoms with Gasteiger partial charge in [0.2, 0.25) is 0 Å². The van der Waals surface area contributed by atoms with E-state index in [2.05, 4.69) is 17.6 Å². The fourth-order valence-corrected chi connectivity index (χ4v) is 3.67. The van der Waals surface area contributed by atoms with Crippen LogP contribution in [0, 0.1) is 11.3 Å². The highest BCUT2D eigenvalue weighted by Crippen LogP contribution is 2.36. The Bertz CT molecular complexity index is 1170. The predicted molar refractivity (Wildman–Crippen MR) is 118 cm³/mol. The second-order valence-electron chi connectivity index (χ2n) is 7.06. The lowest BCUT2D eigenvalue weighted by Gasteiger charge is -2.11. The lowest BCUT2D eigenvalue weighted by atomic mass is 10.1. The third-order valence-electron chi connectivity index (χ3n) is 5.03. The fourth-order valence-electron chi connectivity index (χ4n) is 3.67. The molecule has 1 aromatic heterocycles. The summed E-state index contributed by atoms with van der Waals surface area (Å²) < 4.78 is 8.24. The molecule has 0 aliphatic heterocycles. The molecule has 4 nitrogen and oxygen atoms in total. The molecular weight excluding hydrogens is 358 g/mol. The van der Waals surface area contributed by atoms with Crippen LogP contribution < -0.4 is 10.5 Å². The van der Waals surface area contributed by atoms with Crippen LogP contribution >= 0.6 is 0 Å². The molecule has 2 N–H and O–H groups in total. The maximum atomic E-state index is 9.92. The van der Waals surface area contributed by atoms with Crippen LogP contribution in [0.25, 0.3) is 22.2 Å². The van der Waals surface area contributed by atoms with Crippen LogP contribution in [-0.2, 0) is 13.2 Å². The van der Waals surface area contributed by atoms with Crippen LogP contribution in [0.15, 0.2) is 72.8 Å². The fraction of sp³-hybridized carbons (Fsp3) is 0.160. The number of fused-ring (bicyclic) bond motifs is 1. The Morgan fingerprint density at radius 1 is 1.00 bits per heavy atom. The normalized spacial score (nSPS) is 10.8. The molecule has 0 amide bonds. The van der Waals surface area contributed by atoms with Crippen molar-refractivity contribution in [3.05, 3.63) is 83.9 Å². The molecule has 4 rings (SSSR count). The molecule has 1 heterocycles. The Hall–Kier alpha value is -3.71. The van der Waals surface area contributed by atoms with Gasteiger partial charge in [-0.3, -0.25) is 0 Å². The van der Waals surface area contributed by atoms with Crippen molar-refractivity contribution in [1.29, 1.82) is 5.26 Å². The second kappa shape index (κ2) is 8.12. The van der Waals surface area contributed by atoms with Crippen molar-refractivity contribution in [2.75, 3.05) is 5.73 Å². The van der Waals surface area contributed by atoms with Crippen LogP contribution in [0.2, 0.25) is 0 Å². The molecule has 0 aliphatic rings. The van der Waals surface area contributed by atoms with E-state index < -0.39 is 0 Å². The van der Waals surface area contributed by atoms with Gasteiger partial charge in [-0.25, -0.2) is 0 Å². The minimum Gasteiger partial charge on any atom is -0.489 e. The summed E-state index contributed by atoms with van der Waals surface area (Å²) in [6, 6.07) is 26.2. The van der Waals surface area contributed by atoms with Crippen LogP contribution in [-0.4, -0.2) is 4.57 Å². The first-order valence-corrected chi connectivity index (χ1v) is 9.80. The number of nitriles is 1. The minimum absolute atomic E-state index is 0.511. The minimum atomic E-state index is 0.511. The lowest BCUT2D eigenvalue weighted by molar-refractivity contribution is 0.306. The molecule has 144 valence electrons. The Kier molecular flexibility index (Phi) is 5.22. The summed E-state index contributed by atoms with van der Waals surface area (Å²) in [4.78, 5) is 0. The van der Waals surface area contributed by atoms with Gasteiger partial charge in [0, 0.05) is 23.7 Å². The molecule has 0 bridgehead atoms. The first kappa shape index (κ1) is 18.6. The molecule has 3 aromatic carbocycles. The number of anilines is 1. The first-order valence-electron chi connectivity index (χ1n) is 9.80. The average molecular weight is 381 g/mol. The predicted octanol–water partition coefficient (Wildman–Crippen LogP) is 5.75. The van der Waals surface area contributed by atoms with E-state index in [0.717, 1.165) is 46.4 Å². The smallest absolute Gasteiger partial charge is 0.121 e. The van der Waals surface area contributed by atoms with Crippen LogP contribution in [0.1, 0.15) is 24.5 Å². The number of hydrogen-bond donors (Lipinski definition) is 1. The molecule has 0 saturated carbocycles. The summed E-state index contributed by atoms with van der Waals surface area (Å²) in [5.41, 5.74) is 11.3. The van der Waals surface area contributed by atoms with Crippen molar-refractivity contribution in [3.63, 3.8) is 0 Å².